The monoisotopic (exact) mass is 468 g/mol. The van der Waals surface area contributed by atoms with Gasteiger partial charge in [0.25, 0.3) is 0 Å². The fourth-order valence-electron chi connectivity index (χ4n) is 6.55. The van der Waals surface area contributed by atoms with E-state index < -0.39 is 0 Å². The zero-order valence-electron chi connectivity index (χ0n) is 21.3. The molecule has 35 heavy (non-hydrogen) atoms. The Bertz CT molecular complexity index is 1260. The number of rotatable bonds is 5. The van der Waals surface area contributed by atoms with Crippen LogP contribution in [-0.4, -0.2) is 36.4 Å². The molecule has 1 aromatic carbocycles. The summed E-state index contributed by atoms with van der Waals surface area (Å²) in [5.74, 6) is 1.00. The van der Waals surface area contributed by atoms with E-state index in [4.69, 9.17) is 0 Å². The number of carbonyl (C=O) groups excluding carboxylic acids is 1. The van der Waals surface area contributed by atoms with Crippen molar-refractivity contribution in [2.45, 2.75) is 77.2 Å². The molecule has 0 spiro atoms. The predicted molar refractivity (Wildman–Crippen MR) is 140 cm³/mol. The Morgan fingerprint density at radius 1 is 1.17 bits per heavy atom. The maximum atomic E-state index is 13.0. The van der Waals surface area contributed by atoms with Crippen LogP contribution in [-0.2, 0) is 18.3 Å². The molecule has 1 saturated carbocycles. The molecule has 2 N–H and O–H groups in total. The molecule has 2 heterocycles. The van der Waals surface area contributed by atoms with E-state index in [1.807, 2.05) is 6.08 Å². The first kappa shape index (κ1) is 22.6. The second-order valence-corrected chi connectivity index (χ2v) is 11.6. The summed E-state index contributed by atoms with van der Waals surface area (Å²) >= 11 is 0. The van der Waals surface area contributed by atoms with Gasteiger partial charge in [-0.2, -0.15) is 5.26 Å². The summed E-state index contributed by atoms with van der Waals surface area (Å²) in [6, 6.07) is 7.70. The lowest BCUT2D eigenvalue weighted by molar-refractivity contribution is 0.0992. The number of aromatic nitrogens is 1. The Hall–Kier alpha value is -2.84. The van der Waals surface area contributed by atoms with Crippen molar-refractivity contribution >= 4 is 17.5 Å². The normalized spacial score (nSPS) is 21.1. The molecular weight excluding hydrogens is 432 g/mol. The van der Waals surface area contributed by atoms with Crippen molar-refractivity contribution in [1.82, 2.24) is 10.3 Å². The number of H-pyrrole nitrogens is 1. The van der Waals surface area contributed by atoms with Gasteiger partial charge in [0.15, 0.2) is 5.78 Å². The molecule has 0 atom stereocenters. The number of carbonyl (C=O) groups is 1. The second kappa shape index (κ2) is 8.38. The third-order valence-electron chi connectivity index (χ3n) is 8.80. The van der Waals surface area contributed by atoms with Crippen LogP contribution in [0.2, 0.25) is 0 Å². The van der Waals surface area contributed by atoms with Crippen molar-refractivity contribution in [3.63, 3.8) is 0 Å². The molecule has 1 aliphatic heterocycles. The number of hydrogen-bond acceptors (Lipinski definition) is 4. The molecule has 0 radical (unpaired) electrons. The number of Topliss-reactive ketones (excluding diaryl/α,β-unsaturated/α-hetero) is 1. The van der Waals surface area contributed by atoms with E-state index in [-0.39, 0.29) is 17.6 Å². The first-order valence-electron chi connectivity index (χ1n) is 13.4. The lowest BCUT2D eigenvalue weighted by Crippen LogP contribution is -2.43. The van der Waals surface area contributed by atoms with Crippen molar-refractivity contribution in [3.05, 3.63) is 56.9 Å². The van der Waals surface area contributed by atoms with Crippen LogP contribution in [0.1, 0.15) is 96.9 Å². The number of piperidine rings is 1. The predicted octanol–water partition coefficient (Wildman–Crippen LogP) is 5.27. The summed E-state index contributed by atoms with van der Waals surface area (Å²) < 4.78 is 0. The number of nitrogens with one attached hydrogen (secondary N) is 2. The highest BCUT2D eigenvalue weighted by Gasteiger charge is 2.39. The Labute approximate surface area is 208 Å². The Morgan fingerprint density at radius 3 is 2.63 bits per heavy atom. The molecule has 5 nitrogen and oxygen atoms in total. The lowest BCUT2D eigenvalue weighted by Gasteiger charge is -2.38. The Kier molecular flexibility index (Phi) is 5.41. The minimum Gasteiger partial charge on any atom is -0.371 e. The summed E-state index contributed by atoms with van der Waals surface area (Å²) in [5, 5.41) is 13.2. The van der Waals surface area contributed by atoms with Crippen molar-refractivity contribution in [3.8, 4) is 6.07 Å². The maximum absolute atomic E-state index is 13.0. The first-order chi connectivity index (χ1) is 16.9. The average Bonchev–Trinajstić information content (AvgIpc) is 3.61. The van der Waals surface area contributed by atoms with Crippen LogP contribution < -0.4 is 10.2 Å². The van der Waals surface area contributed by atoms with E-state index in [1.54, 1.807) is 0 Å². The van der Waals surface area contributed by atoms with Gasteiger partial charge in [-0.25, -0.2) is 0 Å². The van der Waals surface area contributed by atoms with Gasteiger partial charge in [0.2, 0.25) is 0 Å². The summed E-state index contributed by atoms with van der Waals surface area (Å²) in [7, 11) is 0. The van der Waals surface area contributed by atoms with Crippen LogP contribution in [0.5, 0.6) is 0 Å². The molecule has 5 heteroatoms. The zero-order chi connectivity index (χ0) is 24.3. The summed E-state index contributed by atoms with van der Waals surface area (Å²) in [6.07, 6.45) is 9.11. The number of hydrogen-bond donors (Lipinski definition) is 2. The molecule has 3 aliphatic carbocycles. The molecule has 182 valence electrons. The van der Waals surface area contributed by atoms with Gasteiger partial charge >= 0.3 is 0 Å². The summed E-state index contributed by atoms with van der Waals surface area (Å²) in [6.45, 7) is 10.2. The number of fused-ring (bicyclic) bond motifs is 4. The third-order valence-corrected chi connectivity index (χ3v) is 8.80. The van der Waals surface area contributed by atoms with Crippen LogP contribution in [0.3, 0.4) is 0 Å². The molecule has 2 fully saturated rings. The van der Waals surface area contributed by atoms with Crippen molar-refractivity contribution in [2.24, 2.45) is 5.92 Å². The standard InChI is InChI=1S/C30H36N4O/c1-4-20-13-21-14-23-28-25(11-19(16-31)12-27(28)35)33-29(23)30(2,3)24(21)15-26(20)34-9-7-22(8-10-34)32-17-18-5-6-18/h11,13,15,18,22,32-33H,4-10,12,14,17H2,1-3H3. The van der Waals surface area contributed by atoms with E-state index in [0.29, 0.717) is 11.6 Å². The molecule has 0 amide bonds. The van der Waals surface area contributed by atoms with E-state index in [1.165, 1.54) is 54.6 Å². The summed E-state index contributed by atoms with van der Waals surface area (Å²) in [5.41, 5.74) is 9.72. The van der Waals surface area contributed by atoms with Crippen molar-refractivity contribution in [1.29, 1.82) is 5.26 Å². The van der Waals surface area contributed by atoms with E-state index in [0.717, 1.165) is 54.4 Å². The number of nitrogens with zero attached hydrogens (tertiary/aromatic N) is 2. The maximum Gasteiger partial charge on any atom is 0.170 e. The summed E-state index contributed by atoms with van der Waals surface area (Å²) in [4.78, 5) is 19.2. The van der Waals surface area contributed by atoms with E-state index in [2.05, 4.69) is 54.2 Å². The van der Waals surface area contributed by atoms with Gasteiger partial charge in [0.1, 0.15) is 0 Å². The van der Waals surface area contributed by atoms with Gasteiger partial charge in [-0.15, -0.1) is 0 Å². The highest BCUT2D eigenvalue weighted by atomic mass is 16.1. The number of allylic oxidation sites excluding steroid dienone is 1. The van der Waals surface area contributed by atoms with E-state index >= 15 is 0 Å². The van der Waals surface area contributed by atoms with Crippen molar-refractivity contribution in [2.75, 3.05) is 24.5 Å². The topological polar surface area (TPSA) is 71.9 Å². The average molecular weight is 469 g/mol. The van der Waals surface area contributed by atoms with Gasteiger partial charge < -0.3 is 15.2 Å². The lowest BCUT2D eigenvalue weighted by atomic mass is 9.70. The molecule has 1 saturated heterocycles. The van der Waals surface area contributed by atoms with Gasteiger partial charge in [-0.05, 0) is 79.0 Å². The third kappa shape index (κ3) is 3.83. The quantitative estimate of drug-likeness (QED) is 0.627. The SMILES string of the molecule is CCc1cc2c(cc1N1CCC(NCC3CC3)CC1)C(C)(C)c1[nH]c3c(c1C2)C(=O)CC(C#N)=C3. The number of aromatic amines is 1. The molecular formula is C30H36N4O. The van der Waals surface area contributed by atoms with Gasteiger partial charge in [0, 0.05) is 59.9 Å². The Balaban J connectivity index is 1.32. The Morgan fingerprint density at radius 2 is 1.94 bits per heavy atom. The zero-order valence-corrected chi connectivity index (χ0v) is 21.3. The number of benzene rings is 1. The number of aryl methyl sites for hydroxylation is 1. The van der Waals surface area contributed by atoms with Crippen LogP contribution in [0, 0.1) is 17.2 Å². The van der Waals surface area contributed by atoms with Gasteiger partial charge in [-0.1, -0.05) is 26.8 Å². The fraction of sp³-hybridized carbons (Fsp3) is 0.533. The molecule has 1 aromatic heterocycles. The minimum absolute atomic E-state index is 0.0706. The van der Waals surface area contributed by atoms with Crippen LogP contribution >= 0.6 is 0 Å². The van der Waals surface area contributed by atoms with Crippen LogP contribution in [0.4, 0.5) is 5.69 Å². The molecule has 4 aliphatic rings. The minimum atomic E-state index is -0.230. The van der Waals surface area contributed by atoms with Crippen LogP contribution in [0.15, 0.2) is 17.7 Å². The van der Waals surface area contributed by atoms with Gasteiger partial charge in [0.05, 0.1) is 11.8 Å². The molecule has 6 rings (SSSR count). The molecule has 0 unspecified atom stereocenters. The van der Waals surface area contributed by atoms with Crippen molar-refractivity contribution < 1.29 is 4.79 Å². The molecule has 2 aromatic rings. The smallest absolute Gasteiger partial charge is 0.170 e. The number of ketones is 1. The number of anilines is 1. The number of nitriles is 1. The van der Waals surface area contributed by atoms with Crippen LogP contribution in [0.25, 0.3) is 6.08 Å². The highest BCUT2D eigenvalue weighted by Crippen LogP contribution is 2.46. The first-order valence-corrected chi connectivity index (χ1v) is 13.4. The van der Waals surface area contributed by atoms with E-state index in [9.17, 15) is 10.1 Å². The largest absolute Gasteiger partial charge is 0.371 e. The molecule has 0 bridgehead atoms. The van der Waals surface area contributed by atoms with Gasteiger partial charge in [-0.3, -0.25) is 4.79 Å². The second-order valence-electron chi connectivity index (χ2n) is 11.6. The fourth-order valence-corrected chi connectivity index (χ4v) is 6.55. The highest BCUT2D eigenvalue weighted by molar-refractivity contribution is 6.06.